The van der Waals surface area contributed by atoms with Gasteiger partial charge >= 0.3 is 0 Å². The Labute approximate surface area is 103 Å². The highest BCUT2D eigenvalue weighted by molar-refractivity contribution is 6.30. The molecule has 0 aliphatic heterocycles. The van der Waals surface area contributed by atoms with Crippen LogP contribution < -0.4 is 4.74 Å². The van der Waals surface area contributed by atoms with Crippen LogP contribution in [0.4, 0.5) is 0 Å². The first-order valence-corrected chi connectivity index (χ1v) is 5.29. The van der Waals surface area contributed by atoms with Crippen LogP contribution in [0.1, 0.15) is 0 Å². The molecule has 0 saturated carbocycles. The van der Waals surface area contributed by atoms with Gasteiger partial charge in [0, 0.05) is 16.8 Å². The SMILES string of the molecule is COc1cc(Cl)ccc1-c1ccnc(Cl)n1. The van der Waals surface area contributed by atoms with E-state index in [9.17, 15) is 0 Å². The van der Waals surface area contributed by atoms with Gasteiger partial charge in [0.15, 0.2) is 0 Å². The normalized spacial score (nSPS) is 10.2. The summed E-state index contributed by atoms with van der Waals surface area (Å²) in [6.07, 6.45) is 1.60. The summed E-state index contributed by atoms with van der Waals surface area (Å²) in [6.45, 7) is 0. The van der Waals surface area contributed by atoms with E-state index in [1.54, 1.807) is 31.5 Å². The van der Waals surface area contributed by atoms with E-state index in [0.29, 0.717) is 16.5 Å². The van der Waals surface area contributed by atoms with Gasteiger partial charge in [0.1, 0.15) is 5.75 Å². The van der Waals surface area contributed by atoms with Gasteiger partial charge in [-0.1, -0.05) is 11.6 Å². The van der Waals surface area contributed by atoms with Crippen LogP contribution in [-0.2, 0) is 0 Å². The summed E-state index contributed by atoms with van der Waals surface area (Å²) in [5.74, 6) is 0.655. The van der Waals surface area contributed by atoms with Crippen molar-refractivity contribution in [2.75, 3.05) is 7.11 Å². The molecule has 0 aliphatic carbocycles. The molecule has 0 atom stereocenters. The van der Waals surface area contributed by atoms with Gasteiger partial charge in [0.2, 0.25) is 5.28 Å². The van der Waals surface area contributed by atoms with Crippen molar-refractivity contribution in [2.45, 2.75) is 0 Å². The summed E-state index contributed by atoms with van der Waals surface area (Å²) in [6, 6.07) is 7.10. The summed E-state index contributed by atoms with van der Waals surface area (Å²) in [4.78, 5) is 7.94. The standard InChI is InChI=1S/C11H8Cl2N2O/c1-16-10-6-7(12)2-3-8(10)9-4-5-14-11(13)15-9/h2-6H,1H3. The van der Waals surface area contributed by atoms with Crippen LogP contribution in [0.2, 0.25) is 10.3 Å². The van der Waals surface area contributed by atoms with Crippen LogP contribution in [0.15, 0.2) is 30.5 Å². The van der Waals surface area contributed by atoms with Crippen LogP contribution in [0.25, 0.3) is 11.3 Å². The third-order valence-electron chi connectivity index (χ3n) is 2.07. The summed E-state index contributed by atoms with van der Waals surface area (Å²) < 4.78 is 5.23. The number of methoxy groups -OCH3 is 1. The Balaban J connectivity index is 2.55. The van der Waals surface area contributed by atoms with E-state index in [2.05, 4.69) is 9.97 Å². The molecule has 82 valence electrons. The molecule has 1 heterocycles. The van der Waals surface area contributed by atoms with Gasteiger partial charge in [-0.05, 0) is 35.9 Å². The molecule has 0 spiro atoms. The molecular formula is C11H8Cl2N2O. The second-order valence-electron chi connectivity index (χ2n) is 3.06. The zero-order valence-corrected chi connectivity index (χ0v) is 9.96. The number of ether oxygens (including phenoxy) is 1. The van der Waals surface area contributed by atoms with Gasteiger partial charge in [0.25, 0.3) is 0 Å². The van der Waals surface area contributed by atoms with Gasteiger partial charge in [0.05, 0.1) is 12.8 Å². The largest absolute Gasteiger partial charge is 0.496 e. The molecular weight excluding hydrogens is 247 g/mol. The van der Waals surface area contributed by atoms with Crippen molar-refractivity contribution >= 4 is 23.2 Å². The number of halogens is 2. The lowest BCUT2D eigenvalue weighted by Crippen LogP contribution is -1.91. The Morgan fingerprint density at radius 2 is 2.00 bits per heavy atom. The fourth-order valence-electron chi connectivity index (χ4n) is 1.36. The fourth-order valence-corrected chi connectivity index (χ4v) is 1.67. The fraction of sp³-hybridized carbons (Fsp3) is 0.0909. The highest BCUT2D eigenvalue weighted by Crippen LogP contribution is 2.31. The molecule has 1 aromatic heterocycles. The molecule has 2 rings (SSSR count). The van der Waals surface area contributed by atoms with E-state index in [4.69, 9.17) is 27.9 Å². The molecule has 0 N–H and O–H groups in total. The zero-order valence-electron chi connectivity index (χ0n) is 8.45. The second kappa shape index (κ2) is 4.68. The Hall–Kier alpha value is -1.32. The quantitative estimate of drug-likeness (QED) is 0.771. The Morgan fingerprint density at radius 1 is 1.19 bits per heavy atom. The van der Waals surface area contributed by atoms with E-state index in [1.165, 1.54) is 0 Å². The molecule has 0 saturated heterocycles. The van der Waals surface area contributed by atoms with E-state index in [-0.39, 0.29) is 5.28 Å². The molecule has 0 fully saturated rings. The lowest BCUT2D eigenvalue weighted by atomic mass is 10.1. The molecule has 1 aromatic carbocycles. The highest BCUT2D eigenvalue weighted by atomic mass is 35.5. The summed E-state index contributed by atoms with van der Waals surface area (Å²) >= 11 is 11.6. The van der Waals surface area contributed by atoms with Crippen molar-refractivity contribution in [3.05, 3.63) is 40.8 Å². The average Bonchev–Trinajstić information content (AvgIpc) is 2.28. The Kier molecular flexibility index (Phi) is 3.27. The number of rotatable bonds is 2. The Bertz CT molecular complexity index is 517. The number of nitrogens with zero attached hydrogens (tertiary/aromatic N) is 2. The second-order valence-corrected chi connectivity index (χ2v) is 3.83. The molecule has 16 heavy (non-hydrogen) atoms. The smallest absolute Gasteiger partial charge is 0.222 e. The van der Waals surface area contributed by atoms with E-state index in [1.807, 2.05) is 6.07 Å². The van der Waals surface area contributed by atoms with Crippen LogP contribution >= 0.6 is 23.2 Å². The van der Waals surface area contributed by atoms with E-state index < -0.39 is 0 Å². The van der Waals surface area contributed by atoms with Gasteiger partial charge in [-0.3, -0.25) is 0 Å². The summed E-state index contributed by atoms with van der Waals surface area (Å²) in [5.41, 5.74) is 1.53. The minimum Gasteiger partial charge on any atom is -0.496 e. The third kappa shape index (κ3) is 2.26. The number of hydrogen-bond donors (Lipinski definition) is 0. The van der Waals surface area contributed by atoms with Gasteiger partial charge in [-0.15, -0.1) is 0 Å². The zero-order chi connectivity index (χ0) is 11.5. The number of benzene rings is 1. The maximum absolute atomic E-state index is 5.88. The van der Waals surface area contributed by atoms with E-state index in [0.717, 1.165) is 5.56 Å². The predicted molar refractivity (Wildman–Crippen MR) is 64.0 cm³/mol. The van der Waals surface area contributed by atoms with Gasteiger partial charge in [-0.25, -0.2) is 9.97 Å². The predicted octanol–water partition coefficient (Wildman–Crippen LogP) is 3.46. The summed E-state index contributed by atoms with van der Waals surface area (Å²) in [5, 5.41) is 0.815. The topological polar surface area (TPSA) is 35.0 Å². The first-order chi connectivity index (χ1) is 7.70. The third-order valence-corrected chi connectivity index (χ3v) is 2.48. The molecule has 5 heteroatoms. The molecule has 0 aliphatic rings. The summed E-state index contributed by atoms with van der Waals surface area (Å²) in [7, 11) is 1.58. The van der Waals surface area contributed by atoms with Crippen molar-refractivity contribution in [1.29, 1.82) is 0 Å². The first kappa shape index (κ1) is 11.2. The molecule has 3 nitrogen and oxygen atoms in total. The molecule has 0 amide bonds. The highest BCUT2D eigenvalue weighted by Gasteiger charge is 2.08. The van der Waals surface area contributed by atoms with Crippen LogP contribution in [0.5, 0.6) is 5.75 Å². The molecule has 0 radical (unpaired) electrons. The van der Waals surface area contributed by atoms with Crippen molar-refractivity contribution in [1.82, 2.24) is 9.97 Å². The Morgan fingerprint density at radius 3 is 2.69 bits per heavy atom. The van der Waals surface area contributed by atoms with E-state index >= 15 is 0 Å². The van der Waals surface area contributed by atoms with Crippen molar-refractivity contribution in [2.24, 2.45) is 0 Å². The van der Waals surface area contributed by atoms with Crippen molar-refractivity contribution in [3.63, 3.8) is 0 Å². The molecule has 0 unspecified atom stereocenters. The maximum atomic E-state index is 5.88. The molecule has 0 bridgehead atoms. The average molecular weight is 255 g/mol. The van der Waals surface area contributed by atoms with Crippen molar-refractivity contribution < 1.29 is 4.74 Å². The minimum absolute atomic E-state index is 0.203. The van der Waals surface area contributed by atoms with Crippen LogP contribution in [0.3, 0.4) is 0 Å². The maximum Gasteiger partial charge on any atom is 0.222 e. The molecule has 2 aromatic rings. The lowest BCUT2D eigenvalue weighted by Gasteiger charge is -2.08. The minimum atomic E-state index is 0.203. The van der Waals surface area contributed by atoms with Crippen molar-refractivity contribution in [3.8, 4) is 17.0 Å². The monoisotopic (exact) mass is 254 g/mol. The number of aromatic nitrogens is 2. The number of hydrogen-bond acceptors (Lipinski definition) is 3. The van der Waals surface area contributed by atoms with Crippen LogP contribution in [-0.4, -0.2) is 17.1 Å². The first-order valence-electron chi connectivity index (χ1n) is 4.53. The van der Waals surface area contributed by atoms with Crippen LogP contribution in [0, 0.1) is 0 Å². The lowest BCUT2D eigenvalue weighted by molar-refractivity contribution is 0.416. The van der Waals surface area contributed by atoms with Gasteiger partial charge < -0.3 is 4.74 Å². The van der Waals surface area contributed by atoms with Gasteiger partial charge in [-0.2, -0.15) is 0 Å².